The van der Waals surface area contributed by atoms with E-state index in [2.05, 4.69) is 15.4 Å². The number of sulfonamides is 1. The quantitative estimate of drug-likeness (QED) is 0.198. The fourth-order valence-corrected chi connectivity index (χ4v) is 10.3. The molecule has 0 spiro atoms. The smallest absolute Gasteiger partial charge is 0.408 e. The van der Waals surface area contributed by atoms with Crippen molar-refractivity contribution >= 4 is 50.4 Å². The molecule has 4 aromatic rings. The van der Waals surface area contributed by atoms with Gasteiger partial charge in [0.2, 0.25) is 27.7 Å². The molecule has 15 nitrogen and oxygen atoms in total. The van der Waals surface area contributed by atoms with Gasteiger partial charge in [0, 0.05) is 29.4 Å². The Balaban J connectivity index is 1.05. The monoisotopic (exact) mass is 837 g/mol. The molecule has 3 aliphatic carbocycles. The lowest BCUT2D eigenvalue weighted by Crippen LogP contribution is -2.58. The molecule has 4 heterocycles. The Morgan fingerprint density at radius 1 is 0.933 bits per heavy atom. The number of hydrogen-bond donors (Lipinski definition) is 3. The summed E-state index contributed by atoms with van der Waals surface area (Å²) in [5.41, 5.74) is 2.39. The van der Waals surface area contributed by atoms with Crippen molar-refractivity contribution < 1.29 is 37.1 Å². The maximum atomic E-state index is 14.8. The Bertz CT molecular complexity index is 2460. The topological polar surface area (TPSA) is 190 Å². The van der Waals surface area contributed by atoms with Crippen LogP contribution in [0.5, 0.6) is 5.88 Å². The highest BCUT2D eigenvalue weighted by Crippen LogP contribution is 2.46. The summed E-state index contributed by atoms with van der Waals surface area (Å²) in [5, 5.41) is 10.8. The summed E-state index contributed by atoms with van der Waals surface area (Å²) in [6.45, 7) is 1.99. The van der Waals surface area contributed by atoms with E-state index in [1.54, 1.807) is 10.6 Å². The number of ether oxygens (including phenoxy) is 2. The molecule has 0 radical (unpaired) electrons. The van der Waals surface area contributed by atoms with Gasteiger partial charge in [-0.3, -0.25) is 19.1 Å². The zero-order valence-corrected chi connectivity index (χ0v) is 34.5. The molecule has 60 heavy (non-hydrogen) atoms. The number of alkyl carbamates (subject to hydrolysis) is 1. The Morgan fingerprint density at radius 3 is 2.48 bits per heavy atom. The molecule has 4 amide bonds. The second kappa shape index (κ2) is 16.2. The SMILES string of the molecule is Cc1ccc(-c2cc(O[C@@H]3C[C@H]4C(=O)N[C@]5(C(=O)NS(=O)(=O)C6CC6)C[C@H]5/C=C\CCCCC[C@H](NC(=O)OC5CCCC5)C(=O)N4C3)n3nc4ccccc4c3n2)cc1. The zero-order chi connectivity index (χ0) is 41.6. The Labute approximate surface area is 348 Å². The van der Waals surface area contributed by atoms with Crippen molar-refractivity contribution in [3.8, 4) is 17.1 Å². The number of nitrogens with one attached hydrogen (secondary N) is 3. The average molecular weight is 838 g/mol. The lowest BCUT2D eigenvalue weighted by molar-refractivity contribution is -0.141. The van der Waals surface area contributed by atoms with Gasteiger partial charge in [-0.15, -0.1) is 0 Å². The third-order valence-corrected chi connectivity index (χ3v) is 14.4. The van der Waals surface area contributed by atoms with E-state index in [-0.39, 0.29) is 25.5 Å². The van der Waals surface area contributed by atoms with Gasteiger partial charge >= 0.3 is 6.09 Å². The number of fused-ring (bicyclic) bond motifs is 5. The van der Waals surface area contributed by atoms with Crippen LogP contribution in [0.2, 0.25) is 0 Å². The Kier molecular flexibility index (Phi) is 10.8. The van der Waals surface area contributed by atoms with E-state index in [4.69, 9.17) is 19.6 Å². The summed E-state index contributed by atoms with van der Waals surface area (Å²) >= 11 is 0. The summed E-state index contributed by atoms with van der Waals surface area (Å²) in [4.78, 5) is 63.0. The normalized spacial score (nSPS) is 27.0. The number of aryl methyl sites for hydroxylation is 1. The van der Waals surface area contributed by atoms with Gasteiger partial charge in [-0.1, -0.05) is 67.0 Å². The molecule has 2 aromatic heterocycles. The minimum absolute atomic E-state index is 0.0180. The minimum atomic E-state index is -3.91. The van der Waals surface area contributed by atoms with Gasteiger partial charge in [0.1, 0.15) is 29.8 Å². The highest BCUT2D eigenvalue weighted by molar-refractivity contribution is 7.91. The molecule has 1 saturated heterocycles. The van der Waals surface area contributed by atoms with E-state index < -0.39 is 68.7 Å². The highest BCUT2D eigenvalue weighted by Gasteiger charge is 2.62. The third kappa shape index (κ3) is 8.17. The number of hydrogen-bond acceptors (Lipinski definition) is 10. The number of benzene rings is 2. The van der Waals surface area contributed by atoms with Crippen molar-refractivity contribution in [3.05, 3.63) is 72.3 Å². The minimum Gasteiger partial charge on any atom is -0.472 e. The fourth-order valence-electron chi connectivity index (χ4n) is 8.91. The first-order valence-electron chi connectivity index (χ1n) is 21.3. The number of aromatic nitrogens is 3. The number of allylic oxidation sites excluding steroid dienone is 1. The summed E-state index contributed by atoms with van der Waals surface area (Å²) in [6.07, 6.45) is 10.1. The molecule has 5 atom stereocenters. The summed E-state index contributed by atoms with van der Waals surface area (Å²) < 4.78 is 42.3. The van der Waals surface area contributed by atoms with Gasteiger partial charge in [-0.2, -0.15) is 9.61 Å². The van der Waals surface area contributed by atoms with Gasteiger partial charge in [0.25, 0.3) is 5.91 Å². The fraction of sp³-hybridized carbons (Fsp3) is 0.500. The van der Waals surface area contributed by atoms with Crippen molar-refractivity contribution in [3.63, 3.8) is 0 Å². The van der Waals surface area contributed by atoms with Crippen LogP contribution in [0.25, 0.3) is 27.8 Å². The average Bonchev–Trinajstić information content (AvgIpc) is 4.04. The maximum Gasteiger partial charge on any atom is 0.408 e. The van der Waals surface area contributed by atoms with Crippen LogP contribution in [0, 0.1) is 12.8 Å². The summed E-state index contributed by atoms with van der Waals surface area (Å²) in [5.74, 6) is -1.94. The second-order valence-corrected chi connectivity index (χ2v) is 19.1. The molecule has 0 bridgehead atoms. The number of nitrogens with zero attached hydrogens (tertiary/aromatic N) is 4. The Morgan fingerprint density at radius 2 is 1.70 bits per heavy atom. The predicted molar refractivity (Wildman–Crippen MR) is 222 cm³/mol. The molecule has 0 unspecified atom stereocenters. The van der Waals surface area contributed by atoms with Gasteiger partial charge in [0.15, 0.2) is 5.65 Å². The van der Waals surface area contributed by atoms with Crippen molar-refractivity contribution in [2.45, 2.75) is 125 Å². The third-order valence-electron chi connectivity index (χ3n) is 12.6. The zero-order valence-electron chi connectivity index (χ0n) is 33.7. The number of carbonyl (C=O) groups is 4. The van der Waals surface area contributed by atoms with E-state index in [1.807, 2.05) is 67.6 Å². The molecule has 16 heteroatoms. The van der Waals surface area contributed by atoms with E-state index in [1.165, 1.54) is 4.90 Å². The molecule has 3 N–H and O–H groups in total. The van der Waals surface area contributed by atoms with Crippen molar-refractivity contribution in [2.24, 2.45) is 5.92 Å². The molecule has 2 aliphatic heterocycles. The van der Waals surface area contributed by atoms with Crippen LogP contribution >= 0.6 is 0 Å². The Hall–Kier alpha value is -5.51. The first-order valence-corrected chi connectivity index (χ1v) is 22.9. The molecule has 2 aromatic carbocycles. The number of rotatable bonds is 8. The summed E-state index contributed by atoms with van der Waals surface area (Å²) in [6, 6.07) is 15.3. The van der Waals surface area contributed by atoms with Crippen LogP contribution in [0.1, 0.15) is 89.0 Å². The van der Waals surface area contributed by atoms with Crippen molar-refractivity contribution in [1.29, 1.82) is 0 Å². The standard InChI is InChI=1S/C44H51N7O8S/c1-27-17-19-28(20-18-27)36-24-38(51-39(45-36)33-14-9-10-15-34(33)48-51)58-31-23-37-40(52)47-44(42(54)49-60(56,57)32-21-22-32)25-29(44)11-5-3-2-4-6-16-35(41(53)50(37)26-31)46-43(55)59-30-12-7-8-13-30/h5,9-11,14-15,17-20,24,29-32,35,37H,2-4,6-8,12-13,16,21-23,25-26H2,1H3,(H,46,55)(H,47,52)(H,49,54)/b11-5-/t29-,31-,35+,37+,44-/m1/s1. The summed E-state index contributed by atoms with van der Waals surface area (Å²) in [7, 11) is -3.91. The van der Waals surface area contributed by atoms with Gasteiger partial charge in [-0.25, -0.2) is 18.2 Å². The van der Waals surface area contributed by atoms with Crippen LogP contribution < -0.4 is 20.1 Å². The molecular weight excluding hydrogens is 787 g/mol. The largest absolute Gasteiger partial charge is 0.472 e. The van der Waals surface area contributed by atoms with Crippen molar-refractivity contribution in [2.75, 3.05) is 6.54 Å². The van der Waals surface area contributed by atoms with Crippen LogP contribution in [-0.2, 0) is 29.1 Å². The van der Waals surface area contributed by atoms with Crippen LogP contribution in [0.4, 0.5) is 4.79 Å². The van der Waals surface area contributed by atoms with Gasteiger partial charge in [0.05, 0.1) is 23.0 Å². The number of amides is 4. The first-order chi connectivity index (χ1) is 29.0. The van der Waals surface area contributed by atoms with Gasteiger partial charge < -0.3 is 25.0 Å². The molecule has 5 aliphatic rings. The first kappa shape index (κ1) is 39.9. The lowest BCUT2D eigenvalue weighted by Gasteiger charge is -2.30. The molecule has 9 rings (SSSR count). The van der Waals surface area contributed by atoms with E-state index >= 15 is 0 Å². The molecular formula is C44H51N7O8S. The van der Waals surface area contributed by atoms with E-state index in [9.17, 15) is 27.6 Å². The maximum absolute atomic E-state index is 14.8. The molecule has 3 saturated carbocycles. The van der Waals surface area contributed by atoms with Crippen LogP contribution in [0.3, 0.4) is 0 Å². The van der Waals surface area contributed by atoms with Crippen LogP contribution in [-0.4, -0.2) is 93.4 Å². The highest BCUT2D eigenvalue weighted by atomic mass is 32.2. The van der Waals surface area contributed by atoms with Gasteiger partial charge in [-0.05, 0) is 83.3 Å². The second-order valence-electron chi connectivity index (χ2n) is 17.1. The number of carbonyl (C=O) groups excluding carboxylic acids is 4. The molecule has 316 valence electrons. The van der Waals surface area contributed by atoms with Crippen LogP contribution in [0.15, 0.2) is 66.7 Å². The lowest BCUT2D eigenvalue weighted by atomic mass is 10.0. The van der Waals surface area contributed by atoms with E-state index in [0.29, 0.717) is 54.8 Å². The van der Waals surface area contributed by atoms with Crippen molar-refractivity contribution in [1.82, 2.24) is 34.9 Å². The van der Waals surface area contributed by atoms with E-state index in [0.717, 1.165) is 55.0 Å². The molecule has 4 fully saturated rings. The predicted octanol–water partition coefficient (Wildman–Crippen LogP) is 5.25.